The number of carbonyl (C=O) groups is 3. The molecule has 0 aliphatic carbocycles. The highest BCUT2D eigenvalue weighted by Gasteiger charge is 2.61. The van der Waals surface area contributed by atoms with Crippen LogP contribution in [0.15, 0.2) is 38.0 Å². The fourth-order valence-electron chi connectivity index (χ4n) is 5.20. The zero-order valence-corrected chi connectivity index (χ0v) is 35.3. The third-order valence-electron chi connectivity index (χ3n) is 7.04. The molecule has 2 unspecified atom stereocenters. The molecule has 1 aliphatic heterocycles. The Morgan fingerprint density at radius 2 is 0.857 bits per heavy atom. The van der Waals surface area contributed by atoms with Gasteiger partial charge in [-0.15, -0.1) is 0 Å². The van der Waals surface area contributed by atoms with Crippen LogP contribution in [0.25, 0.3) is 0 Å². The van der Waals surface area contributed by atoms with Crippen molar-refractivity contribution in [1.82, 2.24) is 0 Å². The van der Waals surface area contributed by atoms with Crippen LogP contribution in [0.2, 0.25) is 32.2 Å². The number of ether oxygens (including phenoxy) is 3. The Morgan fingerprint density at radius 1 is 0.518 bits per heavy atom. The molecule has 0 radical (unpaired) electrons. The van der Waals surface area contributed by atoms with Crippen molar-refractivity contribution in [2.24, 2.45) is 0 Å². The molecule has 0 aromatic heterocycles. The van der Waals surface area contributed by atoms with Crippen LogP contribution in [0.1, 0.15) is 38.5 Å². The van der Waals surface area contributed by atoms with Crippen molar-refractivity contribution in [2.75, 3.05) is 39.6 Å². The summed E-state index contributed by atoms with van der Waals surface area (Å²) in [5.74, 6) is -16.4. The summed E-state index contributed by atoms with van der Waals surface area (Å²) in [6.07, 6.45) is -12.8. The molecule has 1 saturated heterocycles. The summed E-state index contributed by atoms with van der Waals surface area (Å²) in [5, 5.41) is 0. The van der Waals surface area contributed by atoms with E-state index in [1.165, 1.54) is 26.2 Å². The number of rotatable bonds is 25. The van der Waals surface area contributed by atoms with Gasteiger partial charge in [0.1, 0.15) is 26.2 Å². The van der Waals surface area contributed by atoms with E-state index in [9.17, 15) is 53.9 Å². The molecule has 324 valence electrons. The first-order valence-electron chi connectivity index (χ1n) is 16.8. The maximum atomic E-state index is 14.7. The quantitative estimate of drug-likeness (QED) is 0.0235. The van der Waals surface area contributed by atoms with Crippen LogP contribution in [0.4, 0.5) is 39.5 Å². The minimum absolute atomic E-state index is 0.179. The highest BCUT2D eigenvalue weighted by Crippen LogP contribution is 2.44. The lowest BCUT2D eigenvalue weighted by Gasteiger charge is -2.47. The van der Waals surface area contributed by atoms with Gasteiger partial charge in [-0.05, 0) is 19.0 Å². The maximum Gasteiger partial charge on any atom is 0.483 e. The van der Waals surface area contributed by atoms with Crippen LogP contribution in [-0.2, 0) is 58.3 Å². The molecule has 1 heterocycles. The smallest absolute Gasteiger partial charge is 0.460 e. The Balaban J connectivity index is 3.31. The summed E-state index contributed by atoms with van der Waals surface area (Å²) in [6, 6.07) is -0.179. The van der Waals surface area contributed by atoms with Crippen LogP contribution >= 0.6 is 0 Å². The molecule has 1 fully saturated rings. The molecular formula is C30H47F9O13Si4. The van der Waals surface area contributed by atoms with Crippen molar-refractivity contribution in [3.63, 3.8) is 0 Å². The average Bonchev–Trinajstić information content (AvgIpc) is 3.01. The molecule has 0 aromatic carbocycles. The molecule has 0 saturated carbocycles. The molecule has 0 N–H and O–H groups in total. The number of esters is 3. The zero-order valence-electron chi connectivity index (χ0n) is 31.3. The third kappa shape index (κ3) is 21.4. The number of hydrogen-bond acceptors (Lipinski definition) is 13. The number of carbonyl (C=O) groups excluding carboxylic acids is 3. The highest BCUT2D eigenvalue weighted by atomic mass is 28.5. The summed E-state index contributed by atoms with van der Waals surface area (Å²) < 4.78 is 180. The van der Waals surface area contributed by atoms with E-state index >= 15 is 0 Å². The predicted octanol–water partition coefficient (Wildman–Crippen LogP) is 6.89. The molecule has 56 heavy (non-hydrogen) atoms. The zero-order chi connectivity index (χ0) is 43.1. The Hall–Kier alpha value is -2.41. The van der Waals surface area contributed by atoms with Crippen LogP contribution < -0.4 is 0 Å². The highest BCUT2D eigenvalue weighted by molar-refractivity contribution is 6.89. The van der Waals surface area contributed by atoms with Crippen LogP contribution in [0.3, 0.4) is 0 Å². The van der Waals surface area contributed by atoms with Gasteiger partial charge in [-0.25, -0.2) is 40.7 Å². The SMILES string of the molecule is C=CC(=O)OCCO[Si]1(C)O[Si](C)(CCCCC(F)(F)CC(F)(F)CC(F)(F)CC(F)(F)F)O[Si](C)(OCCOC(=O)C=C)O[Si](C)(OCCOC(=O)C=C)O1. The van der Waals surface area contributed by atoms with E-state index in [4.69, 9.17) is 43.9 Å². The lowest BCUT2D eigenvalue weighted by molar-refractivity contribution is -0.214. The molecular weight excluding hydrogens is 852 g/mol. The van der Waals surface area contributed by atoms with E-state index in [-0.39, 0.29) is 52.1 Å². The summed E-state index contributed by atoms with van der Waals surface area (Å²) in [4.78, 5) is 34.7. The number of alkyl halides is 9. The second-order valence-electron chi connectivity index (χ2n) is 12.7. The third-order valence-corrected chi connectivity index (χ3v) is 22.8. The Morgan fingerprint density at radius 3 is 1.21 bits per heavy atom. The summed E-state index contributed by atoms with van der Waals surface area (Å²) >= 11 is 0. The Bertz CT molecular complexity index is 1300. The van der Waals surface area contributed by atoms with Crippen molar-refractivity contribution in [2.45, 2.75) is 94.7 Å². The van der Waals surface area contributed by atoms with Crippen molar-refractivity contribution in [3.05, 3.63) is 38.0 Å². The van der Waals surface area contributed by atoms with E-state index < -0.39 is 109 Å². The minimum atomic E-state index is -5.50. The molecule has 1 aliphatic rings. The summed E-state index contributed by atoms with van der Waals surface area (Å²) in [5.41, 5.74) is 0. The van der Waals surface area contributed by atoms with Gasteiger partial charge in [0.15, 0.2) is 0 Å². The topological polar surface area (TPSA) is 144 Å². The van der Waals surface area contributed by atoms with E-state index in [1.807, 2.05) is 0 Å². The lowest BCUT2D eigenvalue weighted by Crippen LogP contribution is -2.70. The van der Waals surface area contributed by atoms with Gasteiger partial charge in [-0.3, -0.25) is 0 Å². The van der Waals surface area contributed by atoms with Crippen molar-refractivity contribution in [1.29, 1.82) is 0 Å². The molecule has 0 aromatic rings. The van der Waals surface area contributed by atoms with Crippen LogP contribution in [0, 0.1) is 0 Å². The van der Waals surface area contributed by atoms with Crippen LogP contribution in [-0.4, -0.2) is 116 Å². The fraction of sp³-hybridized carbons (Fsp3) is 0.700. The molecule has 0 bridgehead atoms. The molecule has 0 amide bonds. The van der Waals surface area contributed by atoms with E-state index in [1.54, 1.807) is 0 Å². The van der Waals surface area contributed by atoms with Gasteiger partial charge >= 0.3 is 59.1 Å². The second kappa shape index (κ2) is 21.5. The molecule has 26 heteroatoms. The Kier molecular flexibility index (Phi) is 19.9. The average molecular weight is 899 g/mol. The molecule has 2 atom stereocenters. The Labute approximate surface area is 322 Å². The summed E-state index contributed by atoms with van der Waals surface area (Å²) in [7, 11) is -16.0. The van der Waals surface area contributed by atoms with Gasteiger partial charge in [0.25, 0.3) is 17.8 Å². The van der Waals surface area contributed by atoms with Gasteiger partial charge in [-0.1, -0.05) is 26.2 Å². The van der Waals surface area contributed by atoms with Crippen molar-refractivity contribution < 1.29 is 97.8 Å². The molecule has 0 spiro atoms. The van der Waals surface area contributed by atoms with E-state index in [0.29, 0.717) is 0 Å². The van der Waals surface area contributed by atoms with E-state index in [0.717, 1.165) is 18.2 Å². The molecule has 1 rings (SSSR count). The first kappa shape index (κ1) is 51.6. The number of halogens is 9. The fourth-order valence-corrected chi connectivity index (χ4v) is 23.5. The lowest BCUT2D eigenvalue weighted by atomic mass is 9.98. The molecule has 13 nitrogen and oxygen atoms in total. The normalized spacial score (nSPS) is 25.0. The van der Waals surface area contributed by atoms with E-state index in [2.05, 4.69) is 19.7 Å². The number of hydrogen-bond donors (Lipinski definition) is 0. The van der Waals surface area contributed by atoms with Gasteiger partial charge in [0.2, 0.25) is 0 Å². The van der Waals surface area contributed by atoms with Gasteiger partial charge in [0, 0.05) is 44.3 Å². The van der Waals surface area contributed by atoms with Gasteiger partial charge in [0.05, 0.1) is 32.7 Å². The van der Waals surface area contributed by atoms with Crippen LogP contribution in [0.5, 0.6) is 0 Å². The first-order valence-corrected chi connectivity index (χ1v) is 26.0. The standard InChI is InChI=1S/C30H47F9O13Si4/c1-8-24(40)43-14-17-46-54(5)49-53(4,20-12-11-13-27(31,32)21-28(33,34)22-29(35,36)23-30(37,38)39)50-55(6,47-18-15-44-25(41)9-2)52-56(7,51-54)48-19-16-45-26(42)10-3/h8-10H,1-3,11-23H2,4-7H3. The first-order chi connectivity index (χ1) is 25.5. The van der Waals surface area contributed by atoms with Gasteiger partial charge < -0.3 is 43.9 Å². The second-order valence-corrected chi connectivity index (χ2v) is 24.8. The van der Waals surface area contributed by atoms with Crippen molar-refractivity contribution >= 4 is 52.9 Å². The minimum Gasteiger partial charge on any atom is -0.460 e. The van der Waals surface area contributed by atoms with Gasteiger partial charge in [-0.2, -0.15) is 13.2 Å². The largest absolute Gasteiger partial charge is 0.483 e. The predicted molar refractivity (Wildman–Crippen MR) is 186 cm³/mol. The summed E-state index contributed by atoms with van der Waals surface area (Å²) in [6.45, 7) is 13.7. The van der Waals surface area contributed by atoms with Crippen molar-refractivity contribution in [3.8, 4) is 0 Å². The monoisotopic (exact) mass is 898 g/mol. The number of unbranched alkanes of at least 4 members (excludes halogenated alkanes) is 1. The maximum absolute atomic E-state index is 14.7.